The van der Waals surface area contributed by atoms with Crippen LogP contribution in [0.2, 0.25) is 0 Å². The van der Waals surface area contributed by atoms with E-state index in [9.17, 15) is 0 Å². The van der Waals surface area contributed by atoms with Crippen molar-refractivity contribution < 1.29 is 0 Å². The average Bonchev–Trinajstić information content (AvgIpc) is 2.32. The van der Waals surface area contributed by atoms with Crippen molar-refractivity contribution >= 4 is 11.6 Å². The Morgan fingerprint density at radius 1 is 1.33 bits per heavy atom. The van der Waals surface area contributed by atoms with E-state index in [-0.39, 0.29) is 0 Å². The van der Waals surface area contributed by atoms with Gasteiger partial charge in [0.25, 0.3) is 0 Å². The second kappa shape index (κ2) is 6.77. The van der Waals surface area contributed by atoms with E-state index in [4.69, 9.17) is 5.26 Å². The van der Waals surface area contributed by atoms with E-state index >= 15 is 0 Å². The van der Waals surface area contributed by atoms with Crippen LogP contribution in [-0.2, 0) is 0 Å². The van der Waals surface area contributed by atoms with Crippen molar-refractivity contribution in [2.45, 2.75) is 13.3 Å². The average molecular weight is 248 g/mol. The smallest absolute Gasteiger partial charge is 0.185 e. The number of aromatic nitrogens is 2. The Balaban J connectivity index is 2.61. The second-order valence-electron chi connectivity index (χ2n) is 4.40. The van der Waals surface area contributed by atoms with Crippen LogP contribution >= 0.6 is 0 Å². The minimum absolute atomic E-state index is 0.611. The lowest BCUT2D eigenvalue weighted by Crippen LogP contribution is -2.17. The van der Waals surface area contributed by atoms with E-state index < -0.39 is 0 Å². The summed E-state index contributed by atoms with van der Waals surface area (Å²) >= 11 is 0. The normalized spacial score (nSPS) is 10.2. The van der Waals surface area contributed by atoms with E-state index in [0.717, 1.165) is 25.3 Å². The first-order valence-corrected chi connectivity index (χ1v) is 5.90. The van der Waals surface area contributed by atoms with Crippen LogP contribution in [0.1, 0.15) is 12.2 Å². The molecule has 0 atom stereocenters. The monoisotopic (exact) mass is 248 g/mol. The fraction of sp³-hybridized carbons (Fsp3) is 0.583. The van der Waals surface area contributed by atoms with Gasteiger partial charge in [-0.15, -0.1) is 0 Å². The first-order valence-electron chi connectivity index (χ1n) is 5.90. The van der Waals surface area contributed by atoms with Gasteiger partial charge in [0.2, 0.25) is 0 Å². The van der Waals surface area contributed by atoms with Crippen LogP contribution in [0.3, 0.4) is 0 Å². The first kappa shape index (κ1) is 14.2. The Morgan fingerprint density at radius 3 is 2.67 bits per heavy atom. The third-order valence-electron chi connectivity index (χ3n) is 2.41. The van der Waals surface area contributed by atoms with E-state index in [0.29, 0.717) is 11.6 Å². The van der Waals surface area contributed by atoms with E-state index in [1.54, 1.807) is 13.1 Å². The van der Waals surface area contributed by atoms with Crippen molar-refractivity contribution in [3.05, 3.63) is 11.9 Å². The number of hydrogen-bond donors (Lipinski definition) is 1. The minimum Gasteiger partial charge on any atom is -0.370 e. The Labute approximate surface area is 108 Å². The van der Waals surface area contributed by atoms with Gasteiger partial charge in [0.1, 0.15) is 17.5 Å². The number of nitrogens with one attached hydrogen (secondary N) is 1. The van der Waals surface area contributed by atoms with Crippen molar-refractivity contribution in [1.29, 1.82) is 5.26 Å². The van der Waals surface area contributed by atoms with Gasteiger partial charge in [-0.25, -0.2) is 9.97 Å². The van der Waals surface area contributed by atoms with Gasteiger partial charge in [0, 0.05) is 19.7 Å². The molecule has 0 radical (unpaired) electrons. The molecule has 0 fully saturated rings. The second-order valence-corrected chi connectivity index (χ2v) is 4.40. The minimum atomic E-state index is 0.611. The van der Waals surface area contributed by atoms with Gasteiger partial charge < -0.3 is 10.2 Å². The lowest BCUT2D eigenvalue weighted by Gasteiger charge is -2.13. The van der Waals surface area contributed by atoms with Crippen molar-refractivity contribution in [2.75, 3.05) is 44.4 Å². The van der Waals surface area contributed by atoms with Crippen LogP contribution in [0.5, 0.6) is 0 Å². The molecular weight excluding hydrogens is 228 g/mol. The third-order valence-corrected chi connectivity index (χ3v) is 2.41. The molecule has 0 aromatic carbocycles. The maximum atomic E-state index is 8.83. The highest BCUT2D eigenvalue weighted by molar-refractivity contribution is 5.51. The van der Waals surface area contributed by atoms with Gasteiger partial charge in [-0.3, -0.25) is 4.90 Å². The molecule has 18 heavy (non-hydrogen) atoms. The number of nitrogens with zero attached hydrogens (tertiary/aromatic N) is 5. The number of anilines is 2. The van der Waals surface area contributed by atoms with Gasteiger partial charge in [0.05, 0.1) is 0 Å². The third kappa shape index (κ3) is 4.55. The van der Waals surface area contributed by atoms with Gasteiger partial charge in [0.15, 0.2) is 6.19 Å². The molecule has 1 rings (SSSR count). The van der Waals surface area contributed by atoms with Crippen LogP contribution in [0.4, 0.5) is 11.6 Å². The molecule has 0 saturated carbocycles. The highest BCUT2D eigenvalue weighted by atomic mass is 15.2. The maximum Gasteiger partial charge on any atom is 0.185 e. The molecule has 98 valence electrons. The van der Waals surface area contributed by atoms with Crippen molar-refractivity contribution in [2.24, 2.45) is 0 Å². The summed E-state index contributed by atoms with van der Waals surface area (Å²) in [5.41, 5.74) is 0. The van der Waals surface area contributed by atoms with Gasteiger partial charge in [-0.05, 0) is 34.0 Å². The molecule has 0 aliphatic carbocycles. The number of nitriles is 1. The fourth-order valence-corrected chi connectivity index (χ4v) is 1.48. The molecule has 1 heterocycles. The molecule has 1 aromatic rings. The summed E-state index contributed by atoms with van der Waals surface area (Å²) in [6.45, 7) is 3.70. The fourth-order valence-electron chi connectivity index (χ4n) is 1.48. The number of hydrogen-bond acceptors (Lipinski definition) is 6. The van der Waals surface area contributed by atoms with Gasteiger partial charge in [-0.2, -0.15) is 5.26 Å². The Morgan fingerprint density at radius 2 is 2.06 bits per heavy atom. The van der Waals surface area contributed by atoms with E-state index in [1.165, 1.54) is 4.90 Å². The summed E-state index contributed by atoms with van der Waals surface area (Å²) in [6.07, 6.45) is 3.07. The predicted octanol–water partition coefficient (Wildman–Crippen LogP) is 1.07. The summed E-state index contributed by atoms with van der Waals surface area (Å²) in [7, 11) is 5.78. The Kier molecular flexibility index (Phi) is 5.33. The Hall–Kier alpha value is -1.87. The summed E-state index contributed by atoms with van der Waals surface area (Å²) in [5, 5.41) is 12.1. The van der Waals surface area contributed by atoms with E-state index in [2.05, 4.69) is 34.3 Å². The first-order chi connectivity index (χ1) is 8.52. The molecule has 0 bridgehead atoms. The van der Waals surface area contributed by atoms with Crippen molar-refractivity contribution in [1.82, 2.24) is 14.9 Å². The van der Waals surface area contributed by atoms with E-state index in [1.807, 2.05) is 13.1 Å². The quantitative estimate of drug-likeness (QED) is 0.461. The Bertz CT molecular complexity index is 423. The highest BCUT2D eigenvalue weighted by Crippen LogP contribution is 2.13. The summed E-state index contributed by atoms with van der Waals surface area (Å²) in [5.74, 6) is 2.03. The van der Waals surface area contributed by atoms with Crippen LogP contribution < -0.4 is 10.2 Å². The zero-order valence-corrected chi connectivity index (χ0v) is 11.4. The number of rotatable bonds is 6. The lowest BCUT2D eigenvalue weighted by atomic mass is 10.4. The molecule has 0 aliphatic rings. The van der Waals surface area contributed by atoms with Crippen LogP contribution in [0.15, 0.2) is 6.07 Å². The molecule has 0 aliphatic heterocycles. The van der Waals surface area contributed by atoms with Gasteiger partial charge >= 0.3 is 0 Å². The summed E-state index contributed by atoms with van der Waals surface area (Å²) in [6, 6.07) is 1.78. The molecular formula is C12H20N6. The SMILES string of the molecule is Cc1nc(NCCCN(C)C)cc(N(C)C#N)n1. The summed E-state index contributed by atoms with van der Waals surface area (Å²) in [4.78, 5) is 12.1. The highest BCUT2D eigenvalue weighted by Gasteiger charge is 2.05. The van der Waals surface area contributed by atoms with Crippen molar-refractivity contribution in [3.63, 3.8) is 0 Å². The topological polar surface area (TPSA) is 68.1 Å². The maximum absolute atomic E-state index is 8.83. The molecule has 1 aromatic heterocycles. The van der Waals surface area contributed by atoms with Gasteiger partial charge in [-0.1, -0.05) is 0 Å². The molecule has 0 amide bonds. The molecule has 6 heteroatoms. The van der Waals surface area contributed by atoms with Crippen LogP contribution in [0.25, 0.3) is 0 Å². The van der Waals surface area contributed by atoms with Crippen molar-refractivity contribution in [3.8, 4) is 6.19 Å². The number of aryl methyl sites for hydroxylation is 1. The molecule has 1 N–H and O–H groups in total. The lowest BCUT2D eigenvalue weighted by molar-refractivity contribution is 0.405. The predicted molar refractivity (Wildman–Crippen MR) is 72.4 cm³/mol. The van der Waals surface area contributed by atoms with Crippen LogP contribution in [0, 0.1) is 18.4 Å². The largest absolute Gasteiger partial charge is 0.370 e. The molecule has 6 nitrogen and oxygen atoms in total. The van der Waals surface area contributed by atoms with Crippen LogP contribution in [-0.4, -0.2) is 49.1 Å². The standard InChI is InChI=1S/C12H20N6/c1-10-15-11(14-6-5-7-17(2)3)8-12(16-10)18(4)9-13/h8H,5-7H2,1-4H3,(H,14,15,16). The zero-order chi connectivity index (χ0) is 13.5. The molecule has 0 unspecified atom stereocenters. The zero-order valence-electron chi connectivity index (χ0n) is 11.4. The summed E-state index contributed by atoms with van der Waals surface area (Å²) < 4.78 is 0. The molecule has 0 saturated heterocycles. The molecule has 0 spiro atoms.